The van der Waals surface area contributed by atoms with E-state index in [0.717, 1.165) is 24.3 Å². The average Bonchev–Trinajstić information content (AvgIpc) is 3.00. The number of carbonyl (C=O) groups is 2. The summed E-state index contributed by atoms with van der Waals surface area (Å²) in [6.07, 6.45) is 12.9. The highest BCUT2D eigenvalue weighted by atomic mass is 16.5. The number of piperazine rings is 1. The molecule has 2 atom stereocenters. The Morgan fingerprint density at radius 1 is 1.00 bits per heavy atom. The lowest BCUT2D eigenvalue weighted by molar-refractivity contribution is -0.145. The van der Waals surface area contributed by atoms with Crippen LogP contribution in [0.25, 0.3) is 0 Å². The Hall–Kier alpha value is -4.46. The first-order valence-electron chi connectivity index (χ1n) is 12.7. The van der Waals surface area contributed by atoms with Gasteiger partial charge < -0.3 is 19.9 Å². The molecule has 1 aliphatic heterocycles. The van der Waals surface area contributed by atoms with Gasteiger partial charge in [0.1, 0.15) is 5.82 Å². The van der Waals surface area contributed by atoms with Crippen molar-refractivity contribution in [2.24, 2.45) is 5.92 Å². The number of nitrogens with zero attached hydrogens (tertiary/aromatic N) is 4. The van der Waals surface area contributed by atoms with Crippen molar-refractivity contribution in [3.8, 4) is 0 Å². The maximum atomic E-state index is 13.1. The van der Waals surface area contributed by atoms with E-state index in [1.807, 2.05) is 77.7 Å². The third kappa shape index (κ3) is 5.16. The average molecular weight is 510 g/mol. The predicted molar refractivity (Wildman–Crippen MR) is 147 cm³/mol. The number of methoxy groups -OCH3 is 1. The summed E-state index contributed by atoms with van der Waals surface area (Å²) < 4.78 is 5.13. The zero-order valence-electron chi connectivity index (χ0n) is 21.4. The number of amides is 1. The molecule has 1 fully saturated rings. The number of nitrogens with one attached hydrogen (secondary N) is 1. The Kier molecular flexibility index (Phi) is 7.49. The van der Waals surface area contributed by atoms with Crippen molar-refractivity contribution in [3.05, 3.63) is 109 Å². The molecule has 0 saturated carbocycles. The number of carbonyl (C=O) groups excluding carboxylic acids is 2. The summed E-state index contributed by atoms with van der Waals surface area (Å²) >= 11 is 0. The Morgan fingerprint density at radius 3 is 2.45 bits per heavy atom. The van der Waals surface area contributed by atoms with Crippen LogP contribution in [0, 0.1) is 5.92 Å². The molecule has 1 saturated heterocycles. The van der Waals surface area contributed by atoms with Crippen LogP contribution in [0.1, 0.15) is 15.9 Å². The highest BCUT2D eigenvalue weighted by Gasteiger charge is 2.43. The van der Waals surface area contributed by atoms with Gasteiger partial charge in [-0.05, 0) is 29.8 Å². The molecule has 1 amide bonds. The van der Waals surface area contributed by atoms with Gasteiger partial charge in [-0.3, -0.25) is 14.6 Å². The van der Waals surface area contributed by atoms with Gasteiger partial charge in [0.05, 0.1) is 18.6 Å². The van der Waals surface area contributed by atoms with E-state index in [2.05, 4.69) is 20.2 Å². The number of hydrogen-bond donors (Lipinski definition) is 1. The van der Waals surface area contributed by atoms with Crippen LogP contribution in [0.5, 0.6) is 0 Å². The molecule has 2 aliphatic rings. The number of benzene rings is 1. The number of allylic oxidation sites excluding steroid dienone is 2. The van der Waals surface area contributed by atoms with Crippen LogP contribution in [0.15, 0.2) is 97.5 Å². The lowest BCUT2D eigenvalue weighted by Gasteiger charge is -2.38. The fourth-order valence-electron chi connectivity index (χ4n) is 5.16. The Morgan fingerprint density at radius 2 is 1.76 bits per heavy atom. The second-order valence-electron chi connectivity index (χ2n) is 9.42. The number of aromatic nitrogens is 2. The second-order valence-corrected chi connectivity index (χ2v) is 9.42. The summed E-state index contributed by atoms with van der Waals surface area (Å²) in [5.74, 6) is -0.176. The quantitative estimate of drug-likeness (QED) is 0.486. The van der Waals surface area contributed by atoms with Gasteiger partial charge in [-0.15, -0.1) is 0 Å². The molecule has 3 aromatic rings. The van der Waals surface area contributed by atoms with Crippen molar-refractivity contribution in [1.82, 2.24) is 14.9 Å². The summed E-state index contributed by atoms with van der Waals surface area (Å²) in [7, 11) is 1.41. The van der Waals surface area contributed by atoms with Gasteiger partial charge in [0, 0.05) is 62.4 Å². The smallest absolute Gasteiger partial charge is 0.313 e. The van der Waals surface area contributed by atoms with E-state index >= 15 is 0 Å². The normalized spacial score (nSPS) is 20.7. The third-order valence-corrected chi connectivity index (χ3v) is 7.30. The summed E-state index contributed by atoms with van der Waals surface area (Å²) in [5, 5.41) is 3.39. The van der Waals surface area contributed by atoms with Crippen molar-refractivity contribution in [3.63, 3.8) is 0 Å². The van der Waals surface area contributed by atoms with Gasteiger partial charge in [0.2, 0.25) is 0 Å². The number of ether oxygens (including phenoxy) is 1. The van der Waals surface area contributed by atoms with Crippen LogP contribution in [0.2, 0.25) is 0 Å². The van der Waals surface area contributed by atoms with Gasteiger partial charge in [-0.2, -0.15) is 0 Å². The molecule has 38 heavy (non-hydrogen) atoms. The highest BCUT2D eigenvalue weighted by Crippen LogP contribution is 2.38. The summed E-state index contributed by atoms with van der Waals surface area (Å²) in [5.41, 5.74) is 2.03. The summed E-state index contributed by atoms with van der Waals surface area (Å²) in [6, 6.07) is 17.5. The molecule has 1 aromatic carbocycles. The van der Waals surface area contributed by atoms with Gasteiger partial charge in [-0.25, -0.2) is 4.98 Å². The van der Waals surface area contributed by atoms with Gasteiger partial charge in [-0.1, -0.05) is 54.6 Å². The van der Waals surface area contributed by atoms with Crippen LogP contribution in [-0.4, -0.2) is 66.6 Å². The molecule has 0 spiro atoms. The largest absolute Gasteiger partial charge is 0.469 e. The maximum absolute atomic E-state index is 13.1. The highest BCUT2D eigenvalue weighted by molar-refractivity contribution is 5.94. The van der Waals surface area contributed by atoms with Crippen molar-refractivity contribution in [2.75, 3.05) is 50.1 Å². The lowest BCUT2D eigenvalue weighted by atomic mass is 9.68. The molecule has 0 radical (unpaired) electrons. The van der Waals surface area contributed by atoms with Crippen LogP contribution in [0.3, 0.4) is 0 Å². The number of rotatable bonds is 7. The number of esters is 1. The molecule has 1 aliphatic carbocycles. The Labute approximate surface area is 222 Å². The molecular weight excluding hydrogens is 478 g/mol. The Bertz CT molecular complexity index is 1300. The fraction of sp³-hybridized carbons (Fsp3) is 0.267. The summed E-state index contributed by atoms with van der Waals surface area (Å²) in [4.78, 5) is 38.6. The molecule has 5 rings (SSSR count). The molecule has 3 heterocycles. The van der Waals surface area contributed by atoms with Gasteiger partial charge >= 0.3 is 5.97 Å². The fourth-order valence-corrected chi connectivity index (χ4v) is 5.16. The molecular formula is C30H31N5O3. The second kappa shape index (κ2) is 11.3. The van der Waals surface area contributed by atoms with Crippen molar-refractivity contribution in [2.45, 2.75) is 5.41 Å². The zero-order valence-corrected chi connectivity index (χ0v) is 21.4. The number of anilines is 2. The SMILES string of the molecule is COC(=O)C1C=CC=CC1(CNc1ccc(C(=O)N2CCN(c3ccncc3)CC2)cn1)c1ccccc1. The van der Waals surface area contributed by atoms with E-state index in [-0.39, 0.29) is 11.9 Å². The molecule has 0 bridgehead atoms. The number of hydrogen-bond acceptors (Lipinski definition) is 7. The standard InChI is InChI=1S/C30H31N5O3/c1-38-29(37)26-9-5-6-14-30(26,24-7-3-2-4-8-24)22-33-27-11-10-23(21-32-27)28(36)35-19-17-34(18-20-35)25-12-15-31-16-13-25/h2-16,21,26H,17-20,22H2,1H3,(H,32,33). The minimum Gasteiger partial charge on any atom is -0.469 e. The maximum Gasteiger partial charge on any atom is 0.313 e. The molecule has 194 valence electrons. The van der Waals surface area contributed by atoms with E-state index in [1.54, 1.807) is 24.7 Å². The predicted octanol–water partition coefficient (Wildman–Crippen LogP) is 3.70. The Balaban J connectivity index is 1.26. The molecule has 8 heteroatoms. The third-order valence-electron chi connectivity index (χ3n) is 7.30. The zero-order chi connectivity index (χ0) is 26.4. The number of pyridine rings is 2. The minimum atomic E-state index is -0.645. The van der Waals surface area contributed by atoms with Crippen LogP contribution < -0.4 is 10.2 Å². The first-order chi connectivity index (χ1) is 18.6. The van der Waals surface area contributed by atoms with Gasteiger partial charge in [0.15, 0.2) is 0 Å². The van der Waals surface area contributed by atoms with E-state index in [4.69, 9.17) is 4.74 Å². The van der Waals surface area contributed by atoms with E-state index in [1.165, 1.54) is 7.11 Å². The minimum absolute atomic E-state index is 0.0229. The van der Waals surface area contributed by atoms with E-state index in [9.17, 15) is 9.59 Å². The molecule has 8 nitrogen and oxygen atoms in total. The van der Waals surface area contributed by atoms with Gasteiger partial charge in [0.25, 0.3) is 5.91 Å². The molecule has 2 unspecified atom stereocenters. The van der Waals surface area contributed by atoms with Crippen molar-refractivity contribution >= 4 is 23.4 Å². The van der Waals surface area contributed by atoms with Crippen LogP contribution in [0.4, 0.5) is 11.5 Å². The van der Waals surface area contributed by atoms with E-state index in [0.29, 0.717) is 31.0 Å². The van der Waals surface area contributed by atoms with Crippen LogP contribution in [-0.2, 0) is 14.9 Å². The topological polar surface area (TPSA) is 87.7 Å². The van der Waals surface area contributed by atoms with Crippen molar-refractivity contribution in [1.29, 1.82) is 0 Å². The van der Waals surface area contributed by atoms with Crippen LogP contribution >= 0.6 is 0 Å². The molecule has 1 N–H and O–H groups in total. The first kappa shape index (κ1) is 25.2. The summed E-state index contributed by atoms with van der Waals surface area (Å²) in [6.45, 7) is 3.27. The first-order valence-corrected chi connectivity index (χ1v) is 12.7. The van der Waals surface area contributed by atoms with E-state index < -0.39 is 11.3 Å². The van der Waals surface area contributed by atoms with Crippen molar-refractivity contribution < 1.29 is 14.3 Å². The lowest BCUT2D eigenvalue weighted by Crippen LogP contribution is -2.48. The monoisotopic (exact) mass is 509 g/mol. The molecule has 2 aromatic heterocycles.